The molecule has 3 rings (SSSR count). The molecular formula is C14H21N5. The van der Waals surface area contributed by atoms with Crippen LogP contribution < -0.4 is 5.73 Å². The van der Waals surface area contributed by atoms with Gasteiger partial charge in [0.05, 0.1) is 0 Å². The van der Waals surface area contributed by atoms with Gasteiger partial charge in [-0.1, -0.05) is 13.0 Å². The van der Waals surface area contributed by atoms with Gasteiger partial charge in [0.25, 0.3) is 0 Å². The van der Waals surface area contributed by atoms with Crippen LogP contribution in [-0.2, 0) is 13.0 Å². The van der Waals surface area contributed by atoms with Crippen LogP contribution in [0.15, 0.2) is 18.3 Å². The largest absolute Gasteiger partial charge is 0.326 e. The maximum absolute atomic E-state index is 5.70. The number of hydrogen-bond donors (Lipinski definition) is 1. The van der Waals surface area contributed by atoms with Crippen LogP contribution in [0.5, 0.6) is 0 Å². The third-order valence-electron chi connectivity index (χ3n) is 4.09. The normalized spacial score (nSPS) is 20.4. The summed E-state index contributed by atoms with van der Waals surface area (Å²) in [6, 6.07) is 4.62. The summed E-state index contributed by atoms with van der Waals surface area (Å²) in [6.45, 7) is 5.12. The third kappa shape index (κ3) is 2.35. The quantitative estimate of drug-likeness (QED) is 0.896. The molecule has 0 amide bonds. The van der Waals surface area contributed by atoms with Gasteiger partial charge >= 0.3 is 0 Å². The van der Waals surface area contributed by atoms with Crippen molar-refractivity contribution in [1.29, 1.82) is 0 Å². The fourth-order valence-electron chi connectivity index (χ4n) is 3.00. The molecule has 2 N–H and O–H groups in total. The highest BCUT2D eigenvalue weighted by molar-refractivity contribution is 5.39. The van der Waals surface area contributed by atoms with Crippen molar-refractivity contribution in [3.05, 3.63) is 29.7 Å². The van der Waals surface area contributed by atoms with Crippen molar-refractivity contribution in [2.24, 2.45) is 5.73 Å². The van der Waals surface area contributed by atoms with Gasteiger partial charge in [0, 0.05) is 25.2 Å². The summed E-state index contributed by atoms with van der Waals surface area (Å²) in [5.74, 6) is 1.05. The van der Waals surface area contributed by atoms with Crippen LogP contribution in [0.3, 0.4) is 0 Å². The van der Waals surface area contributed by atoms with Crippen LogP contribution in [0.2, 0.25) is 0 Å². The van der Waals surface area contributed by atoms with E-state index in [-0.39, 0.29) is 0 Å². The topological polar surface area (TPSA) is 59.5 Å². The number of likely N-dealkylation sites (N-methyl/N-ethyl adjacent to an activating group) is 1. The van der Waals surface area contributed by atoms with Crippen LogP contribution in [-0.4, -0.2) is 38.6 Å². The Kier molecular flexibility index (Phi) is 3.48. The van der Waals surface area contributed by atoms with E-state index in [4.69, 9.17) is 5.73 Å². The molecule has 3 heterocycles. The lowest BCUT2D eigenvalue weighted by Crippen LogP contribution is -2.31. The molecule has 19 heavy (non-hydrogen) atoms. The van der Waals surface area contributed by atoms with Gasteiger partial charge in [-0.15, -0.1) is 10.2 Å². The lowest BCUT2D eigenvalue weighted by molar-refractivity contribution is 0.263. The predicted molar refractivity (Wildman–Crippen MR) is 74.9 cm³/mol. The highest BCUT2D eigenvalue weighted by atomic mass is 15.3. The van der Waals surface area contributed by atoms with Crippen LogP contribution in [0.4, 0.5) is 0 Å². The van der Waals surface area contributed by atoms with Crippen molar-refractivity contribution in [2.45, 2.75) is 38.8 Å². The summed E-state index contributed by atoms with van der Waals surface area (Å²) in [5, 5.41) is 8.59. The van der Waals surface area contributed by atoms with E-state index in [0.717, 1.165) is 30.0 Å². The Bertz CT molecular complexity index is 562. The van der Waals surface area contributed by atoms with Gasteiger partial charge in [-0.3, -0.25) is 4.40 Å². The summed E-state index contributed by atoms with van der Waals surface area (Å²) in [6.07, 6.45) is 5.60. The Balaban J connectivity index is 1.88. The molecule has 0 spiro atoms. The molecule has 1 aliphatic heterocycles. The molecule has 1 aliphatic rings. The molecule has 1 unspecified atom stereocenters. The summed E-state index contributed by atoms with van der Waals surface area (Å²) in [7, 11) is 0. The van der Waals surface area contributed by atoms with Crippen molar-refractivity contribution in [3.8, 4) is 0 Å². The maximum atomic E-state index is 5.70. The van der Waals surface area contributed by atoms with Gasteiger partial charge < -0.3 is 10.6 Å². The van der Waals surface area contributed by atoms with Gasteiger partial charge in [0.15, 0.2) is 5.65 Å². The van der Waals surface area contributed by atoms with Gasteiger partial charge in [0.1, 0.15) is 5.82 Å². The summed E-state index contributed by atoms with van der Waals surface area (Å²) >= 11 is 0. The fraction of sp³-hybridized carbons (Fsp3) is 0.571. The van der Waals surface area contributed by atoms with Crippen LogP contribution >= 0.6 is 0 Å². The Labute approximate surface area is 113 Å². The molecule has 2 aromatic rings. The summed E-state index contributed by atoms with van der Waals surface area (Å²) < 4.78 is 2.09. The van der Waals surface area contributed by atoms with Crippen LogP contribution in [0.1, 0.15) is 31.2 Å². The zero-order chi connectivity index (χ0) is 13.2. The highest BCUT2D eigenvalue weighted by Gasteiger charge is 2.24. The molecular weight excluding hydrogens is 238 g/mol. The minimum absolute atomic E-state index is 0.554. The van der Waals surface area contributed by atoms with Crippen molar-refractivity contribution in [2.75, 3.05) is 13.1 Å². The average Bonchev–Trinajstić information content (AvgIpc) is 3.06. The number of fused-ring (bicyclic) bond motifs is 1. The van der Waals surface area contributed by atoms with E-state index in [0.29, 0.717) is 12.6 Å². The maximum Gasteiger partial charge on any atom is 0.160 e. The smallest absolute Gasteiger partial charge is 0.160 e. The van der Waals surface area contributed by atoms with E-state index in [1.54, 1.807) is 0 Å². The fourth-order valence-corrected chi connectivity index (χ4v) is 3.00. The monoisotopic (exact) mass is 259 g/mol. The number of hydrogen-bond acceptors (Lipinski definition) is 4. The number of aromatic nitrogens is 3. The molecule has 0 aliphatic carbocycles. The zero-order valence-electron chi connectivity index (χ0n) is 11.4. The first kappa shape index (κ1) is 12.6. The van der Waals surface area contributed by atoms with Crippen molar-refractivity contribution < 1.29 is 0 Å². The molecule has 2 aromatic heterocycles. The minimum atomic E-state index is 0.554. The van der Waals surface area contributed by atoms with Gasteiger partial charge in [0.2, 0.25) is 0 Å². The van der Waals surface area contributed by atoms with E-state index in [2.05, 4.69) is 32.6 Å². The second kappa shape index (κ2) is 5.27. The second-order valence-electron chi connectivity index (χ2n) is 5.21. The standard InChI is InChI=1S/C14H21N5/c1-2-18-7-3-4-12(18)8-14-17-16-13-6-5-11(9-15)10-19(13)14/h5-6,10,12H,2-4,7-9,15H2,1H3. The Morgan fingerprint density at radius 3 is 3.05 bits per heavy atom. The second-order valence-corrected chi connectivity index (χ2v) is 5.21. The van der Waals surface area contributed by atoms with Gasteiger partial charge in [-0.05, 0) is 37.6 Å². The molecule has 1 saturated heterocycles. The predicted octanol–water partition coefficient (Wildman–Crippen LogP) is 1.21. The molecule has 0 bridgehead atoms. The van der Waals surface area contributed by atoms with E-state index in [1.165, 1.54) is 19.4 Å². The number of likely N-dealkylation sites (tertiary alicyclic amines) is 1. The number of pyridine rings is 1. The molecule has 5 nitrogen and oxygen atoms in total. The number of nitrogens with two attached hydrogens (primary N) is 1. The van der Waals surface area contributed by atoms with E-state index in [9.17, 15) is 0 Å². The Hall–Kier alpha value is -1.46. The molecule has 0 radical (unpaired) electrons. The lowest BCUT2D eigenvalue weighted by Gasteiger charge is -2.21. The van der Waals surface area contributed by atoms with E-state index >= 15 is 0 Å². The van der Waals surface area contributed by atoms with E-state index in [1.807, 2.05) is 12.1 Å². The van der Waals surface area contributed by atoms with Gasteiger partial charge in [-0.25, -0.2) is 0 Å². The lowest BCUT2D eigenvalue weighted by atomic mass is 10.1. The average molecular weight is 259 g/mol. The molecule has 5 heteroatoms. The molecule has 0 saturated carbocycles. The SMILES string of the molecule is CCN1CCCC1Cc1nnc2ccc(CN)cn12. The number of rotatable bonds is 4. The molecule has 1 fully saturated rings. The first-order chi connectivity index (χ1) is 9.31. The van der Waals surface area contributed by atoms with Crippen LogP contribution in [0, 0.1) is 0 Å². The van der Waals surface area contributed by atoms with E-state index < -0.39 is 0 Å². The van der Waals surface area contributed by atoms with Crippen LogP contribution in [0.25, 0.3) is 5.65 Å². The third-order valence-corrected chi connectivity index (χ3v) is 4.09. The zero-order valence-corrected chi connectivity index (χ0v) is 11.4. The summed E-state index contributed by atoms with van der Waals surface area (Å²) in [4.78, 5) is 2.54. The first-order valence-electron chi connectivity index (χ1n) is 7.08. The Morgan fingerprint density at radius 2 is 2.26 bits per heavy atom. The summed E-state index contributed by atoms with van der Waals surface area (Å²) in [5.41, 5.74) is 7.73. The van der Waals surface area contributed by atoms with Crippen molar-refractivity contribution in [1.82, 2.24) is 19.5 Å². The first-order valence-corrected chi connectivity index (χ1v) is 7.08. The Morgan fingerprint density at radius 1 is 1.37 bits per heavy atom. The minimum Gasteiger partial charge on any atom is -0.326 e. The molecule has 102 valence electrons. The molecule has 0 aromatic carbocycles. The molecule has 1 atom stereocenters. The van der Waals surface area contributed by atoms with Crippen molar-refractivity contribution >= 4 is 5.65 Å². The highest BCUT2D eigenvalue weighted by Crippen LogP contribution is 2.20. The van der Waals surface area contributed by atoms with Crippen molar-refractivity contribution in [3.63, 3.8) is 0 Å². The van der Waals surface area contributed by atoms with Gasteiger partial charge in [-0.2, -0.15) is 0 Å². The number of nitrogens with zero attached hydrogens (tertiary/aromatic N) is 4.